The van der Waals surface area contributed by atoms with Gasteiger partial charge in [-0.05, 0) is 38.8 Å². The van der Waals surface area contributed by atoms with Crippen molar-refractivity contribution in [2.45, 2.75) is 52.1 Å². The van der Waals surface area contributed by atoms with E-state index in [4.69, 9.17) is 0 Å². The van der Waals surface area contributed by atoms with Crippen molar-refractivity contribution in [2.75, 3.05) is 13.6 Å². The van der Waals surface area contributed by atoms with Crippen LogP contribution in [0.2, 0.25) is 0 Å². The van der Waals surface area contributed by atoms with Crippen molar-refractivity contribution >= 4 is 5.91 Å². The Hall–Kier alpha value is -0.570. The molecular weight excluding hydrogens is 188 g/mol. The van der Waals surface area contributed by atoms with Gasteiger partial charge in [0.1, 0.15) is 0 Å². The van der Waals surface area contributed by atoms with E-state index in [0.29, 0.717) is 12.0 Å². The van der Waals surface area contributed by atoms with Gasteiger partial charge in [0.05, 0.1) is 6.04 Å². The van der Waals surface area contributed by atoms with E-state index in [9.17, 15) is 4.79 Å². The van der Waals surface area contributed by atoms with E-state index in [2.05, 4.69) is 31.0 Å². The molecule has 1 rings (SSSR count). The van der Waals surface area contributed by atoms with Gasteiger partial charge in [-0.3, -0.25) is 9.69 Å². The molecule has 0 aromatic rings. The van der Waals surface area contributed by atoms with Crippen molar-refractivity contribution in [1.29, 1.82) is 0 Å². The van der Waals surface area contributed by atoms with E-state index in [-0.39, 0.29) is 11.9 Å². The second kappa shape index (κ2) is 5.50. The van der Waals surface area contributed by atoms with Gasteiger partial charge in [-0.2, -0.15) is 0 Å². The van der Waals surface area contributed by atoms with Crippen LogP contribution in [0.5, 0.6) is 0 Å². The van der Waals surface area contributed by atoms with Gasteiger partial charge in [0.2, 0.25) is 5.91 Å². The summed E-state index contributed by atoms with van der Waals surface area (Å²) in [6.07, 6.45) is 3.17. The van der Waals surface area contributed by atoms with Gasteiger partial charge in [0.25, 0.3) is 0 Å². The molecule has 0 bridgehead atoms. The first kappa shape index (κ1) is 12.5. The summed E-state index contributed by atoms with van der Waals surface area (Å²) >= 11 is 0. The lowest BCUT2D eigenvalue weighted by Crippen LogP contribution is -2.47. The number of hydrogen-bond donors (Lipinski definition) is 1. The second-order valence-electron chi connectivity index (χ2n) is 4.91. The number of likely N-dealkylation sites (N-methyl/N-ethyl adjacent to an activating group) is 1. The highest BCUT2D eigenvalue weighted by atomic mass is 16.2. The average Bonchev–Trinajstić information content (AvgIpc) is 2.60. The maximum absolute atomic E-state index is 12.0. The molecule has 1 aliphatic rings. The fourth-order valence-electron chi connectivity index (χ4n) is 2.26. The Morgan fingerprint density at radius 2 is 2.20 bits per heavy atom. The Bertz CT molecular complexity index is 216. The molecule has 1 fully saturated rings. The molecule has 3 nitrogen and oxygen atoms in total. The van der Waals surface area contributed by atoms with Crippen molar-refractivity contribution < 1.29 is 4.79 Å². The highest BCUT2D eigenvalue weighted by Crippen LogP contribution is 2.15. The monoisotopic (exact) mass is 212 g/mol. The minimum absolute atomic E-state index is 0.109. The zero-order valence-electron chi connectivity index (χ0n) is 10.4. The van der Waals surface area contributed by atoms with Crippen molar-refractivity contribution in [3.63, 3.8) is 0 Å². The maximum Gasteiger partial charge on any atom is 0.237 e. The molecule has 1 aliphatic heterocycles. The predicted octanol–water partition coefficient (Wildman–Crippen LogP) is 1.63. The highest BCUT2D eigenvalue weighted by Gasteiger charge is 2.29. The summed E-state index contributed by atoms with van der Waals surface area (Å²) < 4.78 is 0. The predicted molar refractivity (Wildman–Crippen MR) is 62.7 cm³/mol. The van der Waals surface area contributed by atoms with Crippen molar-refractivity contribution in [3.8, 4) is 0 Å². The van der Waals surface area contributed by atoms with Crippen LogP contribution in [0.25, 0.3) is 0 Å². The lowest BCUT2D eigenvalue weighted by atomic mass is 10.0. The number of likely N-dealkylation sites (tertiary alicyclic amines) is 1. The SMILES string of the molecule is CC[C@H](NC(=O)[C@@H]1CCCN1C)C(C)C. The third kappa shape index (κ3) is 3.20. The zero-order chi connectivity index (χ0) is 11.4. The lowest BCUT2D eigenvalue weighted by Gasteiger charge is -2.25. The Morgan fingerprint density at radius 3 is 2.60 bits per heavy atom. The summed E-state index contributed by atoms with van der Waals surface area (Å²) in [6, 6.07) is 0.435. The summed E-state index contributed by atoms with van der Waals surface area (Å²) in [4.78, 5) is 14.1. The Kier molecular flexibility index (Phi) is 4.58. The molecule has 0 saturated carbocycles. The fraction of sp³-hybridized carbons (Fsp3) is 0.917. The summed E-state index contributed by atoms with van der Waals surface area (Å²) in [5, 5.41) is 3.16. The number of nitrogens with one attached hydrogen (secondary N) is 1. The van der Waals surface area contributed by atoms with Crippen LogP contribution >= 0.6 is 0 Å². The summed E-state index contributed by atoms with van der Waals surface area (Å²) in [5.74, 6) is 0.737. The average molecular weight is 212 g/mol. The third-order valence-corrected chi connectivity index (χ3v) is 3.40. The molecule has 0 radical (unpaired) electrons. The lowest BCUT2D eigenvalue weighted by molar-refractivity contribution is -0.126. The van der Waals surface area contributed by atoms with Gasteiger partial charge in [0, 0.05) is 6.04 Å². The molecule has 1 saturated heterocycles. The maximum atomic E-state index is 12.0. The standard InChI is InChI=1S/C12H24N2O/c1-5-10(9(2)3)13-12(15)11-7-6-8-14(11)4/h9-11H,5-8H2,1-4H3,(H,13,15)/t10-,11-/m0/s1. The minimum atomic E-state index is 0.109. The molecule has 0 aliphatic carbocycles. The van der Waals surface area contributed by atoms with Gasteiger partial charge >= 0.3 is 0 Å². The number of hydrogen-bond acceptors (Lipinski definition) is 2. The summed E-state index contributed by atoms with van der Waals surface area (Å²) in [5.41, 5.74) is 0. The van der Waals surface area contributed by atoms with E-state index in [1.807, 2.05) is 7.05 Å². The van der Waals surface area contributed by atoms with Crippen molar-refractivity contribution in [2.24, 2.45) is 5.92 Å². The fourth-order valence-corrected chi connectivity index (χ4v) is 2.26. The molecule has 2 atom stereocenters. The van der Waals surface area contributed by atoms with Gasteiger partial charge in [-0.1, -0.05) is 20.8 Å². The molecule has 0 aromatic heterocycles. The number of amides is 1. The molecule has 1 heterocycles. The van der Waals surface area contributed by atoms with Crippen LogP contribution in [0.15, 0.2) is 0 Å². The smallest absolute Gasteiger partial charge is 0.237 e. The number of carbonyl (C=O) groups excluding carboxylic acids is 1. The molecule has 1 amide bonds. The van der Waals surface area contributed by atoms with E-state index >= 15 is 0 Å². The van der Waals surface area contributed by atoms with Crippen LogP contribution in [0.1, 0.15) is 40.0 Å². The molecule has 0 unspecified atom stereocenters. The summed E-state index contributed by atoms with van der Waals surface area (Å²) in [6.45, 7) is 7.50. The minimum Gasteiger partial charge on any atom is -0.352 e. The normalized spacial score (nSPS) is 24.5. The molecule has 88 valence electrons. The molecule has 3 heteroatoms. The van der Waals surface area contributed by atoms with Crippen molar-refractivity contribution in [1.82, 2.24) is 10.2 Å². The quantitative estimate of drug-likeness (QED) is 0.768. The first-order valence-corrected chi connectivity index (χ1v) is 6.06. The van der Waals surface area contributed by atoms with Gasteiger partial charge in [-0.15, -0.1) is 0 Å². The van der Waals surface area contributed by atoms with Crippen LogP contribution in [0, 0.1) is 5.92 Å². The third-order valence-electron chi connectivity index (χ3n) is 3.40. The van der Waals surface area contributed by atoms with Gasteiger partial charge in [-0.25, -0.2) is 0 Å². The Morgan fingerprint density at radius 1 is 1.53 bits per heavy atom. The Balaban J connectivity index is 2.46. The first-order chi connectivity index (χ1) is 7.06. The number of carbonyl (C=O) groups is 1. The highest BCUT2D eigenvalue weighted by molar-refractivity contribution is 5.82. The number of rotatable bonds is 4. The van der Waals surface area contributed by atoms with E-state index in [1.54, 1.807) is 0 Å². The van der Waals surface area contributed by atoms with E-state index < -0.39 is 0 Å². The van der Waals surface area contributed by atoms with Crippen LogP contribution < -0.4 is 5.32 Å². The summed E-state index contributed by atoms with van der Waals surface area (Å²) in [7, 11) is 2.04. The number of nitrogens with zero attached hydrogens (tertiary/aromatic N) is 1. The zero-order valence-corrected chi connectivity index (χ0v) is 10.4. The van der Waals surface area contributed by atoms with Crippen LogP contribution in [0.3, 0.4) is 0 Å². The van der Waals surface area contributed by atoms with E-state index in [1.165, 1.54) is 0 Å². The molecule has 15 heavy (non-hydrogen) atoms. The van der Waals surface area contributed by atoms with Crippen molar-refractivity contribution in [3.05, 3.63) is 0 Å². The molecule has 0 spiro atoms. The second-order valence-corrected chi connectivity index (χ2v) is 4.91. The van der Waals surface area contributed by atoms with Crippen LogP contribution in [0.4, 0.5) is 0 Å². The largest absolute Gasteiger partial charge is 0.352 e. The molecular formula is C12H24N2O. The topological polar surface area (TPSA) is 32.3 Å². The Labute approximate surface area is 93.2 Å². The van der Waals surface area contributed by atoms with Crippen LogP contribution in [-0.2, 0) is 4.79 Å². The van der Waals surface area contributed by atoms with Crippen LogP contribution in [-0.4, -0.2) is 36.5 Å². The first-order valence-electron chi connectivity index (χ1n) is 6.06. The molecule has 0 aromatic carbocycles. The van der Waals surface area contributed by atoms with E-state index in [0.717, 1.165) is 25.8 Å². The molecule has 1 N–H and O–H groups in total. The van der Waals surface area contributed by atoms with Gasteiger partial charge in [0.15, 0.2) is 0 Å². The van der Waals surface area contributed by atoms with Gasteiger partial charge < -0.3 is 5.32 Å².